The fourth-order valence-electron chi connectivity index (χ4n) is 1.80. The molecule has 96 valence electrons. The molecule has 0 amide bonds. The van der Waals surface area contributed by atoms with Gasteiger partial charge in [-0.3, -0.25) is 0 Å². The van der Waals surface area contributed by atoms with Crippen molar-refractivity contribution < 1.29 is 0 Å². The molecule has 2 aromatic carbocycles. The van der Waals surface area contributed by atoms with Crippen molar-refractivity contribution in [3.63, 3.8) is 0 Å². The van der Waals surface area contributed by atoms with E-state index in [-0.39, 0.29) is 14.6 Å². The van der Waals surface area contributed by atoms with Crippen LogP contribution in [0.4, 0.5) is 17.1 Å². The number of hydrogen-bond donors (Lipinski definition) is 1. The van der Waals surface area contributed by atoms with Gasteiger partial charge in [0.15, 0.2) is 0 Å². The predicted octanol–water partition coefficient (Wildman–Crippen LogP) is 5.06. The van der Waals surface area contributed by atoms with Crippen molar-refractivity contribution in [2.45, 2.75) is 6.54 Å². The summed E-state index contributed by atoms with van der Waals surface area (Å²) in [6.07, 6.45) is 0. The van der Waals surface area contributed by atoms with Crippen LogP contribution in [0.1, 0.15) is 5.56 Å². The minimum absolute atomic E-state index is 0.00459. The molecule has 0 atom stereocenters. The fourth-order valence-corrected chi connectivity index (χ4v) is 3.70. The molecule has 6 heteroatoms. The quantitative estimate of drug-likeness (QED) is 0.612. The maximum absolute atomic E-state index is 6.20. The standard InChI is InChI=1S/C13H9BrClN3Se/c14-9-5-4-8(10(15)6-9)7-16-11-2-1-3-12-13(11)18-19-17-12/h1-6,16H,7H2. The molecular formula is C13H9BrClN3Se. The van der Waals surface area contributed by atoms with Gasteiger partial charge >= 0.3 is 130 Å². The van der Waals surface area contributed by atoms with E-state index in [0.717, 1.165) is 32.1 Å². The van der Waals surface area contributed by atoms with Crippen molar-refractivity contribution in [2.24, 2.45) is 7.92 Å². The van der Waals surface area contributed by atoms with Crippen LogP contribution in [0.15, 0.2) is 48.8 Å². The molecule has 0 aromatic heterocycles. The molecule has 1 heterocycles. The van der Waals surface area contributed by atoms with Gasteiger partial charge in [-0.15, -0.1) is 0 Å². The van der Waals surface area contributed by atoms with Crippen molar-refractivity contribution in [3.05, 3.63) is 51.5 Å². The molecule has 3 nitrogen and oxygen atoms in total. The van der Waals surface area contributed by atoms with E-state index in [1.807, 2.05) is 36.4 Å². The average molecular weight is 402 g/mol. The number of hydrogen-bond acceptors (Lipinski definition) is 3. The molecule has 0 spiro atoms. The molecule has 0 radical (unpaired) electrons. The SMILES string of the molecule is Clc1cc(Br)ccc1CNc1cccc2c1N=[Se]=N2. The van der Waals surface area contributed by atoms with Gasteiger partial charge in [0.05, 0.1) is 0 Å². The summed E-state index contributed by atoms with van der Waals surface area (Å²) in [7, 11) is 0. The second-order valence-electron chi connectivity index (χ2n) is 4.03. The first-order valence-electron chi connectivity index (χ1n) is 5.63. The predicted molar refractivity (Wildman–Crippen MR) is 82.9 cm³/mol. The van der Waals surface area contributed by atoms with Crippen LogP contribution >= 0.6 is 27.5 Å². The topological polar surface area (TPSA) is 36.8 Å². The molecule has 0 aliphatic carbocycles. The number of rotatable bonds is 3. The van der Waals surface area contributed by atoms with Gasteiger partial charge in [0.25, 0.3) is 0 Å². The van der Waals surface area contributed by atoms with E-state index in [1.54, 1.807) is 0 Å². The zero-order valence-corrected chi connectivity index (χ0v) is 13.8. The first kappa shape index (κ1) is 13.1. The van der Waals surface area contributed by atoms with Gasteiger partial charge in [-0.05, 0) is 0 Å². The number of anilines is 1. The van der Waals surface area contributed by atoms with E-state index in [0.29, 0.717) is 6.54 Å². The Balaban J connectivity index is 1.80. The second-order valence-corrected chi connectivity index (χ2v) is 6.46. The molecule has 19 heavy (non-hydrogen) atoms. The first-order chi connectivity index (χ1) is 9.24. The Kier molecular flexibility index (Phi) is 3.89. The molecule has 0 fully saturated rings. The number of halogens is 2. The third kappa shape index (κ3) is 2.84. The molecule has 3 rings (SSSR count). The van der Waals surface area contributed by atoms with E-state index in [2.05, 4.69) is 29.2 Å². The van der Waals surface area contributed by atoms with E-state index >= 15 is 0 Å². The Morgan fingerprint density at radius 3 is 2.95 bits per heavy atom. The van der Waals surface area contributed by atoms with E-state index in [4.69, 9.17) is 11.6 Å². The van der Waals surface area contributed by atoms with Gasteiger partial charge in [-0.25, -0.2) is 0 Å². The van der Waals surface area contributed by atoms with Crippen LogP contribution in [0.2, 0.25) is 5.02 Å². The molecule has 0 unspecified atom stereocenters. The van der Waals surface area contributed by atoms with Gasteiger partial charge < -0.3 is 0 Å². The van der Waals surface area contributed by atoms with Crippen LogP contribution in [0.3, 0.4) is 0 Å². The average Bonchev–Trinajstić information content (AvgIpc) is 2.86. The zero-order valence-electron chi connectivity index (χ0n) is 9.73. The molecule has 0 saturated carbocycles. The summed E-state index contributed by atoms with van der Waals surface area (Å²) in [6.45, 7) is 0.672. The molecule has 0 bridgehead atoms. The summed E-state index contributed by atoms with van der Waals surface area (Å²) in [5, 5.41) is 4.13. The third-order valence-corrected chi connectivity index (χ3v) is 4.75. The van der Waals surface area contributed by atoms with Gasteiger partial charge in [0.1, 0.15) is 0 Å². The molecule has 1 aliphatic rings. The Hall–Kier alpha value is -0.871. The van der Waals surface area contributed by atoms with Crippen molar-refractivity contribution >= 4 is 59.2 Å². The van der Waals surface area contributed by atoms with Gasteiger partial charge in [0, 0.05) is 0 Å². The van der Waals surface area contributed by atoms with Gasteiger partial charge in [-0.1, -0.05) is 0 Å². The van der Waals surface area contributed by atoms with Crippen molar-refractivity contribution in [1.82, 2.24) is 0 Å². The molecule has 0 saturated heterocycles. The van der Waals surface area contributed by atoms with E-state index < -0.39 is 0 Å². The number of nitrogens with one attached hydrogen (secondary N) is 1. The molecule has 1 N–H and O–H groups in total. The van der Waals surface area contributed by atoms with E-state index in [1.165, 1.54) is 0 Å². The van der Waals surface area contributed by atoms with Crippen molar-refractivity contribution in [3.8, 4) is 0 Å². The summed E-state index contributed by atoms with van der Waals surface area (Å²) >= 11 is 9.60. The number of nitrogens with zero attached hydrogens (tertiary/aromatic N) is 2. The van der Waals surface area contributed by atoms with Crippen LogP contribution in [-0.4, -0.2) is 14.6 Å². The maximum atomic E-state index is 6.20. The van der Waals surface area contributed by atoms with Gasteiger partial charge in [0.2, 0.25) is 0 Å². The first-order valence-corrected chi connectivity index (χ1v) is 8.33. The van der Waals surface area contributed by atoms with E-state index in [9.17, 15) is 0 Å². The van der Waals surface area contributed by atoms with Crippen LogP contribution in [-0.2, 0) is 6.54 Å². The Labute approximate surface area is 130 Å². The summed E-state index contributed by atoms with van der Waals surface area (Å²) < 4.78 is 9.79. The fraction of sp³-hybridized carbons (Fsp3) is 0.0769. The molecule has 2 aromatic rings. The Morgan fingerprint density at radius 1 is 1.21 bits per heavy atom. The van der Waals surface area contributed by atoms with Crippen LogP contribution in [0, 0.1) is 0 Å². The Bertz CT molecular complexity index is 711. The van der Waals surface area contributed by atoms with Crippen LogP contribution < -0.4 is 5.32 Å². The molecular weight excluding hydrogens is 392 g/mol. The summed E-state index contributed by atoms with van der Waals surface area (Å²) in [5.74, 6) is 0. The summed E-state index contributed by atoms with van der Waals surface area (Å²) in [5.41, 5.74) is 4.02. The summed E-state index contributed by atoms with van der Waals surface area (Å²) in [4.78, 5) is 0. The summed E-state index contributed by atoms with van der Waals surface area (Å²) in [6, 6.07) is 11.9. The van der Waals surface area contributed by atoms with Crippen LogP contribution in [0.5, 0.6) is 0 Å². The number of benzene rings is 2. The van der Waals surface area contributed by atoms with Crippen LogP contribution in [0.25, 0.3) is 0 Å². The Morgan fingerprint density at radius 2 is 2.11 bits per heavy atom. The van der Waals surface area contributed by atoms with Crippen molar-refractivity contribution in [2.75, 3.05) is 5.32 Å². The second kappa shape index (κ2) is 5.63. The minimum atomic E-state index is -0.00459. The molecule has 1 aliphatic heterocycles. The monoisotopic (exact) mass is 401 g/mol. The normalized spacial score (nSPS) is 12.1. The number of fused-ring (bicyclic) bond motifs is 1. The zero-order chi connectivity index (χ0) is 13.2. The van der Waals surface area contributed by atoms with Crippen molar-refractivity contribution in [1.29, 1.82) is 0 Å². The third-order valence-electron chi connectivity index (χ3n) is 2.77. The van der Waals surface area contributed by atoms with Gasteiger partial charge in [-0.2, -0.15) is 0 Å².